The minimum atomic E-state index is -0.305. The van der Waals surface area contributed by atoms with Crippen LogP contribution in [0.3, 0.4) is 0 Å². The number of aromatic nitrogens is 2. The van der Waals surface area contributed by atoms with Crippen molar-refractivity contribution in [3.63, 3.8) is 0 Å². The predicted octanol–water partition coefficient (Wildman–Crippen LogP) is 5.81. The fourth-order valence-corrected chi connectivity index (χ4v) is 4.78. The number of pyridine rings is 1. The van der Waals surface area contributed by atoms with Crippen molar-refractivity contribution in [3.8, 4) is 17.2 Å². The van der Waals surface area contributed by atoms with Gasteiger partial charge in [-0.2, -0.15) is 0 Å². The number of hydrogen-bond acceptors (Lipinski definition) is 5. The Hall–Kier alpha value is -4.78. The largest absolute Gasteiger partial charge is 0.497 e. The number of hydrogen-bond donors (Lipinski definition) is 1. The van der Waals surface area contributed by atoms with E-state index in [0.29, 0.717) is 36.0 Å². The lowest BCUT2D eigenvalue weighted by atomic mass is 9.91. The van der Waals surface area contributed by atoms with E-state index < -0.39 is 0 Å². The summed E-state index contributed by atoms with van der Waals surface area (Å²) in [6.45, 7) is 0.991. The standard InChI is InChI=1S/C33H33N3O4/c1-38-27-18-26(19-28(20-27)39-2)29(21-32(37)34-16-15-24-10-5-3-6-11-24)30-22-35-33-31(14-9-17-36(30)33)40-23-25-12-7-4-8-13-25/h3-14,17-20,22,29H,15-16,21,23H2,1-2H3,(H,34,37). The molecule has 0 saturated heterocycles. The molecule has 2 aromatic heterocycles. The van der Waals surface area contributed by atoms with Crippen LogP contribution in [0.2, 0.25) is 0 Å². The quantitative estimate of drug-likeness (QED) is 0.218. The third-order valence-electron chi connectivity index (χ3n) is 6.87. The van der Waals surface area contributed by atoms with Crippen molar-refractivity contribution in [2.75, 3.05) is 20.8 Å². The molecule has 0 fully saturated rings. The number of ether oxygens (including phenoxy) is 3. The molecule has 0 saturated carbocycles. The lowest BCUT2D eigenvalue weighted by Gasteiger charge is -2.19. The molecule has 0 spiro atoms. The van der Waals surface area contributed by atoms with Gasteiger partial charge in [-0.25, -0.2) is 4.98 Å². The Morgan fingerprint density at radius 3 is 2.23 bits per heavy atom. The molecule has 1 N–H and O–H groups in total. The molecule has 0 bridgehead atoms. The van der Waals surface area contributed by atoms with Crippen LogP contribution in [-0.4, -0.2) is 36.1 Å². The Balaban J connectivity index is 1.43. The van der Waals surface area contributed by atoms with E-state index in [1.54, 1.807) is 14.2 Å². The Labute approximate surface area is 234 Å². The molecule has 0 aliphatic carbocycles. The molecule has 7 heteroatoms. The average Bonchev–Trinajstić information content (AvgIpc) is 3.44. The van der Waals surface area contributed by atoms with Crippen LogP contribution >= 0.6 is 0 Å². The van der Waals surface area contributed by atoms with E-state index in [4.69, 9.17) is 19.2 Å². The SMILES string of the molecule is COc1cc(OC)cc(C(CC(=O)NCCc2ccccc2)c2cnc3c(OCc4ccccc4)cccn23)c1. The van der Waals surface area contributed by atoms with E-state index in [-0.39, 0.29) is 18.2 Å². The molecular formula is C33H33N3O4. The Kier molecular flexibility index (Phi) is 8.61. The third kappa shape index (κ3) is 6.43. The van der Waals surface area contributed by atoms with Crippen molar-refractivity contribution >= 4 is 11.6 Å². The highest BCUT2D eigenvalue weighted by molar-refractivity contribution is 5.77. The lowest BCUT2D eigenvalue weighted by molar-refractivity contribution is -0.121. The zero-order valence-corrected chi connectivity index (χ0v) is 22.7. The molecule has 1 amide bonds. The van der Waals surface area contributed by atoms with Gasteiger partial charge in [0.15, 0.2) is 11.4 Å². The van der Waals surface area contributed by atoms with Crippen LogP contribution < -0.4 is 19.5 Å². The van der Waals surface area contributed by atoms with Crippen LogP contribution in [0.1, 0.15) is 34.7 Å². The molecular weight excluding hydrogens is 502 g/mol. The number of methoxy groups -OCH3 is 2. The van der Waals surface area contributed by atoms with Gasteiger partial charge in [0.25, 0.3) is 0 Å². The number of benzene rings is 3. The maximum absolute atomic E-state index is 13.3. The Morgan fingerprint density at radius 2 is 1.55 bits per heavy atom. The highest BCUT2D eigenvalue weighted by Gasteiger charge is 2.24. The Bertz CT molecular complexity index is 1530. The lowest BCUT2D eigenvalue weighted by Crippen LogP contribution is -2.27. The third-order valence-corrected chi connectivity index (χ3v) is 6.87. The van der Waals surface area contributed by atoms with Gasteiger partial charge in [-0.05, 0) is 47.4 Å². The smallest absolute Gasteiger partial charge is 0.221 e. The van der Waals surface area contributed by atoms with E-state index >= 15 is 0 Å². The number of carbonyl (C=O) groups excluding carboxylic acids is 1. The molecule has 1 atom stereocenters. The van der Waals surface area contributed by atoms with Gasteiger partial charge in [-0.15, -0.1) is 0 Å². The average molecular weight is 536 g/mol. The molecule has 5 rings (SSSR count). The number of imidazole rings is 1. The number of nitrogens with one attached hydrogen (secondary N) is 1. The van der Waals surface area contributed by atoms with Gasteiger partial charge in [0.1, 0.15) is 18.1 Å². The monoisotopic (exact) mass is 535 g/mol. The first-order chi connectivity index (χ1) is 19.6. The van der Waals surface area contributed by atoms with Crippen LogP contribution in [0, 0.1) is 0 Å². The minimum absolute atomic E-state index is 0.0471. The Morgan fingerprint density at radius 1 is 0.875 bits per heavy atom. The molecule has 5 aromatic rings. The first-order valence-corrected chi connectivity index (χ1v) is 13.3. The van der Waals surface area contributed by atoms with Crippen LogP contribution in [0.5, 0.6) is 17.2 Å². The van der Waals surface area contributed by atoms with Gasteiger partial charge >= 0.3 is 0 Å². The summed E-state index contributed by atoms with van der Waals surface area (Å²) < 4.78 is 19.2. The van der Waals surface area contributed by atoms with Crippen LogP contribution in [0.4, 0.5) is 0 Å². The van der Waals surface area contributed by atoms with Crippen molar-refractivity contribution < 1.29 is 19.0 Å². The van der Waals surface area contributed by atoms with Crippen molar-refractivity contribution in [1.82, 2.24) is 14.7 Å². The van der Waals surface area contributed by atoms with Gasteiger partial charge in [-0.1, -0.05) is 60.7 Å². The van der Waals surface area contributed by atoms with E-state index in [1.165, 1.54) is 5.56 Å². The summed E-state index contributed by atoms with van der Waals surface area (Å²) in [6, 6.07) is 29.7. The summed E-state index contributed by atoms with van der Waals surface area (Å²) in [6.07, 6.45) is 4.76. The van der Waals surface area contributed by atoms with Crippen LogP contribution in [-0.2, 0) is 17.8 Å². The molecule has 0 radical (unpaired) electrons. The summed E-state index contributed by atoms with van der Waals surface area (Å²) in [5.41, 5.74) is 4.71. The van der Waals surface area contributed by atoms with Crippen molar-refractivity contribution in [3.05, 3.63) is 126 Å². The normalized spacial score (nSPS) is 11.7. The summed E-state index contributed by atoms with van der Waals surface area (Å²) in [5, 5.41) is 3.09. The maximum atomic E-state index is 13.3. The van der Waals surface area contributed by atoms with E-state index in [9.17, 15) is 4.79 Å². The van der Waals surface area contributed by atoms with Gasteiger partial charge in [0.05, 0.1) is 19.9 Å². The predicted molar refractivity (Wildman–Crippen MR) is 155 cm³/mol. The zero-order valence-electron chi connectivity index (χ0n) is 22.7. The first kappa shape index (κ1) is 26.8. The van der Waals surface area contributed by atoms with E-state index in [0.717, 1.165) is 23.2 Å². The second kappa shape index (κ2) is 12.8. The second-order valence-electron chi connectivity index (χ2n) is 9.51. The summed E-state index contributed by atoms with van der Waals surface area (Å²) in [7, 11) is 3.24. The summed E-state index contributed by atoms with van der Waals surface area (Å²) in [5.74, 6) is 1.63. The molecule has 0 aliphatic heterocycles. The second-order valence-corrected chi connectivity index (χ2v) is 9.51. The van der Waals surface area contributed by atoms with E-state index in [1.807, 2.05) is 95.7 Å². The molecule has 7 nitrogen and oxygen atoms in total. The molecule has 3 aromatic carbocycles. The summed E-state index contributed by atoms with van der Waals surface area (Å²) in [4.78, 5) is 18.0. The van der Waals surface area contributed by atoms with Crippen molar-refractivity contribution in [2.24, 2.45) is 0 Å². The fraction of sp³-hybridized carbons (Fsp3) is 0.212. The summed E-state index contributed by atoms with van der Waals surface area (Å²) >= 11 is 0. The number of rotatable bonds is 12. The molecule has 204 valence electrons. The molecule has 2 heterocycles. The van der Waals surface area contributed by atoms with Gasteiger partial charge < -0.3 is 23.9 Å². The highest BCUT2D eigenvalue weighted by Crippen LogP contribution is 2.35. The fourth-order valence-electron chi connectivity index (χ4n) is 4.78. The molecule has 40 heavy (non-hydrogen) atoms. The minimum Gasteiger partial charge on any atom is -0.497 e. The van der Waals surface area contributed by atoms with Crippen LogP contribution in [0.25, 0.3) is 5.65 Å². The van der Waals surface area contributed by atoms with Crippen LogP contribution in [0.15, 0.2) is 103 Å². The number of fused-ring (bicyclic) bond motifs is 1. The topological polar surface area (TPSA) is 74.1 Å². The number of carbonyl (C=O) groups is 1. The molecule has 0 aliphatic rings. The van der Waals surface area contributed by atoms with E-state index in [2.05, 4.69) is 17.4 Å². The van der Waals surface area contributed by atoms with Gasteiger partial charge in [0, 0.05) is 37.3 Å². The highest BCUT2D eigenvalue weighted by atomic mass is 16.5. The van der Waals surface area contributed by atoms with Crippen molar-refractivity contribution in [1.29, 1.82) is 0 Å². The van der Waals surface area contributed by atoms with Crippen molar-refractivity contribution in [2.45, 2.75) is 25.4 Å². The first-order valence-electron chi connectivity index (χ1n) is 13.3. The van der Waals surface area contributed by atoms with Gasteiger partial charge in [0.2, 0.25) is 5.91 Å². The number of amides is 1. The molecule has 1 unspecified atom stereocenters. The maximum Gasteiger partial charge on any atom is 0.221 e. The zero-order chi connectivity index (χ0) is 27.7. The number of nitrogens with zero attached hydrogens (tertiary/aromatic N) is 2. The van der Waals surface area contributed by atoms with Gasteiger partial charge in [-0.3, -0.25) is 4.79 Å².